The number of terminal acetylenes is 1. The van der Waals surface area contributed by atoms with Crippen molar-refractivity contribution in [1.29, 1.82) is 0 Å². The monoisotopic (exact) mass is 575 g/mol. The molecule has 0 aliphatic carbocycles. The van der Waals surface area contributed by atoms with Crippen LogP contribution in [0.5, 0.6) is 11.8 Å². The van der Waals surface area contributed by atoms with Crippen molar-refractivity contribution < 1.29 is 32.9 Å². The fourth-order valence-electron chi connectivity index (χ4n) is 5.92. The minimum atomic E-state index is -0.813. The zero-order valence-corrected chi connectivity index (χ0v) is 23.1. The number of methoxy groups -OCH3 is 2. The van der Waals surface area contributed by atoms with Crippen LogP contribution < -0.4 is 9.64 Å². The quantitative estimate of drug-likeness (QED) is 0.270. The lowest BCUT2D eigenvalue weighted by molar-refractivity contribution is -0.0818. The van der Waals surface area contributed by atoms with Crippen molar-refractivity contribution in [1.82, 2.24) is 19.9 Å². The molecule has 216 valence electrons. The minimum absolute atomic E-state index is 0.0622. The highest BCUT2D eigenvalue weighted by Gasteiger charge is 2.44. The van der Waals surface area contributed by atoms with Gasteiger partial charge in [0.25, 0.3) is 0 Å². The number of pyridine rings is 1. The number of hydrogen-bond donors (Lipinski definition) is 1. The molecule has 4 aromatic rings. The molecule has 2 aromatic carbocycles. The summed E-state index contributed by atoms with van der Waals surface area (Å²) in [5, 5.41) is 11.4. The standard InChI is InChI=1S/C30H27F2N5O5/c1-5-20-23(31)9-6-16-10-19(38)11-21(24(16)20)26-25(32)27-22(12-33-26)28(35-29(34-27)41-4)36-13-17-7-8-18(14-36)37(17)30(39)42-15(2)40-3/h1,6,9-12,15,17-18,38H,7-8,13-14H2,2-4H3. The molecule has 3 atom stereocenters. The molecule has 42 heavy (non-hydrogen) atoms. The summed E-state index contributed by atoms with van der Waals surface area (Å²) in [7, 11) is 2.84. The number of anilines is 1. The van der Waals surface area contributed by atoms with Crippen molar-refractivity contribution >= 4 is 33.6 Å². The predicted molar refractivity (Wildman–Crippen MR) is 150 cm³/mol. The van der Waals surface area contributed by atoms with Crippen LogP contribution in [-0.4, -0.2) is 76.7 Å². The number of hydrogen-bond acceptors (Lipinski definition) is 9. The Hall–Kier alpha value is -4.76. The summed E-state index contributed by atoms with van der Waals surface area (Å²) in [5.41, 5.74) is -0.194. The molecule has 2 fully saturated rings. The first kappa shape index (κ1) is 27.4. The summed E-state index contributed by atoms with van der Waals surface area (Å²) in [4.78, 5) is 29.8. The normalized spacial score (nSPS) is 18.8. The number of piperazine rings is 1. The molecule has 3 unspecified atom stereocenters. The van der Waals surface area contributed by atoms with Crippen molar-refractivity contribution in [2.45, 2.75) is 38.1 Å². The maximum Gasteiger partial charge on any atom is 0.412 e. The van der Waals surface area contributed by atoms with E-state index in [1.807, 2.05) is 4.90 Å². The second-order valence-corrected chi connectivity index (χ2v) is 10.3. The van der Waals surface area contributed by atoms with E-state index in [2.05, 4.69) is 20.9 Å². The number of rotatable bonds is 5. The first-order valence-corrected chi connectivity index (χ1v) is 13.3. The Morgan fingerprint density at radius 2 is 1.90 bits per heavy atom. The fraction of sp³-hybridized carbons (Fsp3) is 0.333. The Kier molecular flexibility index (Phi) is 6.90. The number of aromatic hydroxyl groups is 1. The van der Waals surface area contributed by atoms with E-state index in [1.165, 1.54) is 44.7 Å². The summed E-state index contributed by atoms with van der Waals surface area (Å²) in [6.07, 6.45) is 7.47. The Balaban J connectivity index is 1.45. The van der Waals surface area contributed by atoms with E-state index in [0.29, 0.717) is 29.7 Å². The van der Waals surface area contributed by atoms with Crippen molar-refractivity contribution in [3.8, 4) is 35.4 Å². The van der Waals surface area contributed by atoms with Crippen LogP contribution >= 0.6 is 0 Å². The third kappa shape index (κ3) is 4.46. The Morgan fingerprint density at radius 3 is 2.57 bits per heavy atom. The largest absolute Gasteiger partial charge is 0.508 e. The van der Waals surface area contributed by atoms with Gasteiger partial charge in [-0.05, 0) is 43.4 Å². The summed E-state index contributed by atoms with van der Waals surface area (Å²) in [5.74, 6) is 1.10. The van der Waals surface area contributed by atoms with Gasteiger partial charge < -0.3 is 24.2 Å². The molecule has 2 saturated heterocycles. The van der Waals surface area contributed by atoms with Gasteiger partial charge in [0.05, 0.1) is 30.1 Å². The number of nitrogens with zero attached hydrogens (tertiary/aromatic N) is 5. The molecule has 4 heterocycles. The number of halogens is 2. The highest BCUT2D eigenvalue weighted by Crippen LogP contribution is 2.40. The zero-order valence-electron chi connectivity index (χ0n) is 23.1. The molecule has 0 spiro atoms. The third-order valence-corrected chi connectivity index (χ3v) is 7.87. The van der Waals surface area contributed by atoms with Crippen molar-refractivity contribution in [3.63, 3.8) is 0 Å². The Labute approximate surface area is 239 Å². The lowest BCUT2D eigenvalue weighted by Crippen LogP contribution is -2.56. The number of fused-ring (bicyclic) bond motifs is 4. The van der Waals surface area contributed by atoms with Gasteiger partial charge in [0.15, 0.2) is 5.82 Å². The second kappa shape index (κ2) is 10.6. The Bertz CT molecular complexity index is 1760. The SMILES string of the molecule is C#Cc1c(F)ccc2cc(O)cc(-c3ncc4c(N5CC6CCC(C5)N6C(=O)OC(C)OC)nc(OC)nc4c3F)c12. The number of carbonyl (C=O) groups excluding carboxylic acids is 1. The van der Waals surface area contributed by atoms with Gasteiger partial charge in [0.1, 0.15) is 28.6 Å². The van der Waals surface area contributed by atoms with Crippen LogP contribution in [0, 0.1) is 24.0 Å². The first-order valence-electron chi connectivity index (χ1n) is 13.3. The summed E-state index contributed by atoms with van der Waals surface area (Å²) < 4.78 is 46.8. The molecule has 12 heteroatoms. The first-order chi connectivity index (χ1) is 20.2. The van der Waals surface area contributed by atoms with Crippen molar-refractivity contribution in [2.24, 2.45) is 0 Å². The molecular formula is C30H27F2N5O5. The van der Waals surface area contributed by atoms with Crippen LogP contribution in [0.2, 0.25) is 0 Å². The van der Waals surface area contributed by atoms with Crippen LogP contribution in [0.1, 0.15) is 25.3 Å². The summed E-state index contributed by atoms with van der Waals surface area (Å²) in [6, 6.07) is 5.00. The van der Waals surface area contributed by atoms with Crippen LogP contribution in [0.15, 0.2) is 30.5 Å². The summed E-state index contributed by atoms with van der Waals surface area (Å²) >= 11 is 0. The molecule has 6 rings (SSSR count). The molecule has 1 amide bonds. The molecule has 2 aliphatic rings. The van der Waals surface area contributed by atoms with Gasteiger partial charge in [-0.15, -0.1) is 6.42 Å². The topological polar surface area (TPSA) is 110 Å². The van der Waals surface area contributed by atoms with Crippen LogP contribution in [0.4, 0.5) is 19.4 Å². The average Bonchev–Trinajstić information content (AvgIpc) is 3.26. The van der Waals surface area contributed by atoms with E-state index in [0.717, 1.165) is 12.8 Å². The fourth-order valence-corrected chi connectivity index (χ4v) is 5.92. The highest BCUT2D eigenvalue weighted by molar-refractivity contribution is 6.03. The van der Waals surface area contributed by atoms with E-state index in [1.54, 1.807) is 11.8 Å². The number of phenolic OH excluding ortho intramolecular Hbond substituents is 1. The van der Waals surface area contributed by atoms with Crippen LogP contribution in [0.3, 0.4) is 0 Å². The molecule has 2 aromatic heterocycles. The van der Waals surface area contributed by atoms with E-state index in [-0.39, 0.29) is 51.6 Å². The third-order valence-electron chi connectivity index (χ3n) is 7.87. The molecular weight excluding hydrogens is 548 g/mol. The lowest BCUT2D eigenvalue weighted by atomic mass is 9.96. The molecule has 2 aliphatic heterocycles. The molecule has 0 saturated carbocycles. The van der Waals surface area contributed by atoms with Crippen molar-refractivity contribution in [3.05, 3.63) is 47.7 Å². The number of carbonyl (C=O) groups is 1. The molecule has 2 bridgehead atoms. The zero-order chi connectivity index (χ0) is 29.7. The maximum absolute atomic E-state index is 16.4. The number of phenols is 1. The van der Waals surface area contributed by atoms with Gasteiger partial charge in [-0.2, -0.15) is 9.97 Å². The Morgan fingerprint density at radius 1 is 1.17 bits per heavy atom. The minimum Gasteiger partial charge on any atom is -0.508 e. The lowest BCUT2D eigenvalue weighted by Gasteiger charge is -2.41. The second-order valence-electron chi connectivity index (χ2n) is 10.3. The molecule has 0 radical (unpaired) electrons. The smallest absolute Gasteiger partial charge is 0.412 e. The van der Waals surface area contributed by atoms with Gasteiger partial charge in [0.2, 0.25) is 6.29 Å². The maximum atomic E-state index is 16.4. The van der Waals surface area contributed by atoms with Gasteiger partial charge in [0, 0.05) is 37.3 Å². The van der Waals surface area contributed by atoms with Crippen LogP contribution in [0.25, 0.3) is 32.9 Å². The van der Waals surface area contributed by atoms with Gasteiger partial charge in [-0.1, -0.05) is 12.0 Å². The van der Waals surface area contributed by atoms with Gasteiger partial charge in [-0.25, -0.2) is 13.6 Å². The number of ether oxygens (including phenoxy) is 3. The predicted octanol–water partition coefficient (Wildman–Crippen LogP) is 4.60. The van der Waals surface area contributed by atoms with Crippen molar-refractivity contribution in [2.75, 3.05) is 32.2 Å². The number of amides is 1. The molecule has 1 N–H and O–H groups in total. The van der Waals surface area contributed by atoms with Gasteiger partial charge >= 0.3 is 12.1 Å². The average molecular weight is 576 g/mol. The molecule has 10 nitrogen and oxygen atoms in total. The van der Waals surface area contributed by atoms with E-state index in [9.17, 15) is 14.3 Å². The number of benzene rings is 2. The van der Waals surface area contributed by atoms with E-state index in [4.69, 9.17) is 20.6 Å². The highest BCUT2D eigenvalue weighted by atomic mass is 19.1. The number of aromatic nitrogens is 3. The summed E-state index contributed by atoms with van der Waals surface area (Å²) in [6.45, 7) is 2.50. The van der Waals surface area contributed by atoms with E-state index < -0.39 is 24.0 Å². The van der Waals surface area contributed by atoms with E-state index >= 15 is 4.39 Å². The van der Waals surface area contributed by atoms with Crippen LogP contribution in [-0.2, 0) is 9.47 Å². The van der Waals surface area contributed by atoms with Gasteiger partial charge in [-0.3, -0.25) is 9.88 Å².